The number of alkyl halides is 2. The minimum absolute atomic E-state index is 0.0466. The first kappa shape index (κ1) is 22.4. The van der Waals surface area contributed by atoms with Gasteiger partial charge in [-0.25, -0.2) is 0 Å². The topological polar surface area (TPSA) is 17.1 Å². The third kappa shape index (κ3) is 4.42. The molecule has 0 saturated heterocycles. The maximum Gasteiger partial charge on any atom is 0.183 e. The second-order valence-corrected chi connectivity index (χ2v) is 12.5. The van der Waals surface area contributed by atoms with Crippen LogP contribution < -0.4 is 0 Å². The van der Waals surface area contributed by atoms with Crippen molar-refractivity contribution in [1.82, 2.24) is 0 Å². The van der Waals surface area contributed by atoms with Crippen LogP contribution in [0.1, 0.15) is 87.5 Å². The van der Waals surface area contributed by atoms with E-state index in [1.165, 1.54) is 22.3 Å². The van der Waals surface area contributed by atoms with E-state index in [9.17, 15) is 4.79 Å². The molecule has 0 bridgehead atoms. The minimum Gasteiger partial charge on any atom is -0.292 e. The number of hydrogen-bond acceptors (Lipinski definition) is 1. The second-order valence-electron chi connectivity index (χ2n) is 10.5. The van der Waals surface area contributed by atoms with Crippen molar-refractivity contribution in [3.63, 3.8) is 0 Å². The lowest BCUT2D eigenvalue weighted by Gasteiger charge is -2.29. The van der Waals surface area contributed by atoms with E-state index in [2.05, 4.69) is 65.0 Å². The molecule has 0 radical (unpaired) electrons. The molecule has 156 valence electrons. The maximum absolute atomic E-state index is 12.5. The van der Waals surface area contributed by atoms with E-state index < -0.39 is 4.87 Å². The molecule has 1 aliphatic rings. The lowest BCUT2D eigenvalue weighted by molar-refractivity contribution is 0.0954. The number of Topliss-reactive ketones (excluding diaryl/α,β-unsaturated/α-hetero) is 1. The average Bonchev–Trinajstić information content (AvgIpc) is 2.79. The van der Waals surface area contributed by atoms with Crippen molar-refractivity contribution in [3.8, 4) is 0 Å². The first-order valence-corrected chi connectivity index (χ1v) is 11.1. The van der Waals surface area contributed by atoms with Crippen LogP contribution in [0, 0.1) is 0 Å². The van der Waals surface area contributed by atoms with Crippen LogP contribution in [-0.4, -0.2) is 15.5 Å². The molecule has 2 aromatic carbocycles. The van der Waals surface area contributed by atoms with Crippen LogP contribution in [0.4, 0.5) is 0 Å². The van der Waals surface area contributed by atoms with E-state index in [0.717, 1.165) is 12.8 Å². The summed E-state index contributed by atoms with van der Waals surface area (Å²) in [6.07, 6.45) is 1.86. The van der Waals surface area contributed by atoms with Crippen LogP contribution in [0.15, 0.2) is 42.5 Å². The lowest BCUT2D eigenvalue weighted by Crippen LogP contribution is -2.26. The van der Waals surface area contributed by atoms with Crippen molar-refractivity contribution in [2.24, 2.45) is 0 Å². The Balaban J connectivity index is 2.05. The molecular weight excluding hydrogens is 399 g/mol. The van der Waals surface area contributed by atoms with Crippen LogP contribution in [0.2, 0.25) is 0 Å². The highest BCUT2D eigenvalue weighted by Gasteiger charge is 2.45. The van der Waals surface area contributed by atoms with E-state index in [4.69, 9.17) is 23.2 Å². The van der Waals surface area contributed by atoms with Gasteiger partial charge in [-0.05, 0) is 68.2 Å². The first-order chi connectivity index (χ1) is 13.1. The van der Waals surface area contributed by atoms with E-state index in [1.54, 1.807) is 13.8 Å². The Morgan fingerprint density at radius 1 is 0.931 bits per heavy atom. The van der Waals surface area contributed by atoms with Crippen LogP contribution in [0.5, 0.6) is 0 Å². The van der Waals surface area contributed by atoms with Gasteiger partial charge < -0.3 is 0 Å². The van der Waals surface area contributed by atoms with Crippen LogP contribution in [0.3, 0.4) is 0 Å². The van der Waals surface area contributed by atoms with E-state index in [-0.39, 0.29) is 21.5 Å². The minimum atomic E-state index is -0.892. The summed E-state index contributed by atoms with van der Waals surface area (Å²) in [7, 11) is 0. The standard InChI is InChI=1S/C26H32Cl2O/c1-23(2)16-26(7,19-11-9-18(10-12-19)22(29)25(5,6)28)21-14-17(8-13-20(21)23)15-24(3,4)27/h8-14H,15-16H2,1-7H3. The number of halogens is 2. The molecule has 29 heavy (non-hydrogen) atoms. The molecule has 0 amide bonds. The summed E-state index contributed by atoms with van der Waals surface area (Å²) in [4.78, 5) is 11.4. The first-order valence-electron chi connectivity index (χ1n) is 10.3. The van der Waals surface area contributed by atoms with Gasteiger partial charge in [0, 0.05) is 15.9 Å². The summed E-state index contributed by atoms with van der Waals surface area (Å²) < 4.78 is 0. The van der Waals surface area contributed by atoms with Crippen molar-refractivity contribution in [2.75, 3.05) is 0 Å². The van der Waals surface area contributed by atoms with Gasteiger partial charge in [0.15, 0.2) is 5.78 Å². The molecule has 0 N–H and O–H groups in total. The lowest BCUT2D eigenvalue weighted by atomic mass is 9.74. The Morgan fingerprint density at radius 2 is 1.52 bits per heavy atom. The Bertz CT molecular complexity index is 927. The number of fused-ring (bicyclic) bond motifs is 1. The molecule has 0 aromatic heterocycles. The molecule has 0 spiro atoms. The molecule has 1 nitrogen and oxygen atoms in total. The molecule has 2 aromatic rings. The molecule has 0 saturated carbocycles. The summed E-state index contributed by atoms with van der Waals surface area (Å²) in [6.45, 7) is 14.5. The fourth-order valence-corrected chi connectivity index (χ4v) is 5.16. The van der Waals surface area contributed by atoms with Crippen molar-refractivity contribution in [2.45, 2.75) is 81.9 Å². The van der Waals surface area contributed by atoms with Gasteiger partial charge in [0.25, 0.3) is 0 Å². The number of ketones is 1. The van der Waals surface area contributed by atoms with Crippen LogP contribution in [0.25, 0.3) is 0 Å². The average molecular weight is 431 g/mol. The van der Waals surface area contributed by atoms with Gasteiger partial charge in [0.2, 0.25) is 0 Å². The molecule has 3 rings (SSSR count). The number of carbonyl (C=O) groups is 1. The molecule has 0 fully saturated rings. The summed E-state index contributed by atoms with van der Waals surface area (Å²) in [5.74, 6) is -0.0466. The Kier molecular flexibility index (Phi) is 5.50. The predicted octanol–water partition coefficient (Wildman–Crippen LogP) is 7.43. The zero-order valence-electron chi connectivity index (χ0n) is 18.6. The number of carbonyl (C=O) groups excluding carboxylic acids is 1. The SMILES string of the molecule is CC(C)(Cl)Cc1ccc2c(c1)C(C)(c1ccc(C(=O)C(C)(C)Cl)cc1)CC2(C)C. The predicted molar refractivity (Wildman–Crippen MR) is 125 cm³/mol. The smallest absolute Gasteiger partial charge is 0.183 e. The fraction of sp³-hybridized carbons (Fsp3) is 0.500. The summed E-state index contributed by atoms with van der Waals surface area (Å²) in [5.41, 5.74) is 5.91. The third-order valence-electron chi connectivity index (χ3n) is 6.15. The zero-order chi connectivity index (χ0) is 21.8. The molecule has 1 aliphatic carbocycles. The molecule has 1 unspecified atom stereocenters. The second kappa shape index (κ2) is 7.13. The van der Waals surface area contributed by atoms with Gasteiger partial charge in [-0.1, -0.05) is 63.2 Å². The largest absolute Gasteiger partial charge is 0.292 e. The van der Waals surface area contributed by atoms with Gasteiger partial charge in [-0.2, -0.15) is 0 Å². The Morgan fingerprint density at radius 3 is 2.03 bits per heavy atom. The van der Waals surface area contributed by atoms with Crippen molar-refractivity contribution < 1.29 is 4.79 Å². The maximum atomic E-state index is 12.5. The monoisotopic (exact) mass is 430 g/mol. The summed E-state index contributed by atoms with van der Waals surface area (Å²) >= 11 is 12.7. The van der Waals surface area contributed by atoms with Crippen LogP contribution >= 0.6 is 23.2 Å². The molecular formula is C26H32Cl2O. The molecule has 3 heteroatoms. The summed E-state index contributed by atoms with van der Waals surface area (Å²) in [6, 6.07) is 14.9. The number of hydrogen-bond donors (Lipinski definition) is 0. The van der Waals surface area contributed by atoms with Gasteiger partial charge in [-0.3, -0.25) is 4.79 Å². The van der Waals surface area contributed by atoms with E-state index in [0.29, 0.717) is 5.56 Å². The van der Waals surface area contributed by atoms with Crippen molar-refractivity contribution in [3.05, 3.63) is 70.3 Å². The highest BCUT2D eigenvalue weighted by Crippen LogP contribution is 2.53. The molecule has 1 atom stereocenters. The van der Waals surface area contributed by atoms with Gasteiger partial charge in [0.05, 0.1) is 0 Å². The number of rotatable bonds is 5. The fourth-order valence-electron chi connectivity index (χ4n) is 4.90. The van der Waals surface area contributed by atoms with Crippen molar-refractivity contribution >= 4 is 29.0 Å². The van der Waals surface area contributed by atoms with E-state index >= 15 is 0 Å². The Labute approximate surface area is 185 Å². The normalized spacial score (nSPS) is 21.1. The quantitative estimate of drug-likeness (QED) is 0.355. The van der Waals surface area contributed by atoms with Gasteiger partial charge >= 0.3 is 0 Å². The van der Waals surface area contributed by atoms with E-state index in [1.807, 2.05) is 12.1 Å². The third-order valence-corrected chi connectivity index (χ3v) is 6.46. The molecule has 0 aliphatic heterocycles. The number of benzene rings is 2. The van der Waals surface area contributed by atoms with Gasteiger partial charge in [-0.15, -0.1) is 23.2 Å². The van der Waals surface area contributed by atoms with Crippen LogP contribution in [-0.2, 0) is 17.3 Å². The molecule has 0 heterocycles. The summed E-state index contributed by atoms with van der Waals surface area (Å²) in [5, 5.41) is 0. The highest BCUT2D eigenvalue weighted by molar-refractivity contribution is 6.37. The Hall–Kier alpha value is -1.31. The zero-order valence-corrected chi connectivity index (χ0v) is 20.1. The van der Waals surface area contributed by atoms with Gasteiger partial charge in [0.1, 0.15) is 4.87 Å². The highest BCUT2D eigenvalue weighted by atomic mass is 35.5. The van der Waals surface area contributed by atoms with Crippen molar-refractivity contribution in [1.29, 1.82) is 0 Å².